The van der Waals surface area contributed by atoms with Crippen LogP contribution in [0, 0.1) is 11.6 Å². The summed E-state index contributed by atoms with van der Waals surface area (Å²) in [5.74, 6) is -1.43. The standard InChI is InChI=1S/C36H44ClF2N5O4SSi/c1-36(2,3)50(4,5)48-17-16-44-14-12-25(13-15-44)41-35-40-21-23-18-22(6-9-29(23)42-35)33-28(38)8-10-30(34(33)39)43-49(46,47)32-20-24(37)19-27-26(32)7-11-31(27)45/h6,8-10,18-21,25,31,43,45H,7,11-17H2,1-5H3,(H,40,41,42)/t31-/m1/s1. The quantitative estimate of drug-likeness (QED) is 0.141. The Bertz CT molecular complexity index is 2020. The topological polar surface area (TPSA) is 117 Å². The molecule has 2 aliphatic rings. The molecule has 4 aromatic rings. The zero-order chi connectivity index (χ0) is 36.0. The van der Waals surface area contributed by atoms with Crippen LogP contribution in [0.3, 0.4) is 0 Å². The van der Waals surface area contributed by atoms with Gasteiger partial charge in [0.05, 0.1) is 27.8 Å². The fourth-order valence-corrected chi connectivity index (χ4v) is 9.07. The van der Waals surface area contributed by atoms with Gasteiger partial charge in [-0.1, -0.05) is 38.4 Å². The molecule has 268 valence electrons. The van der Waals surface area contributed by atoms with Crippen molar-refractivity contribution in [3.05, 3.63) is 76.4 Å². The summed E-state index contributed by atoms with van der Waals surface area (Å²) in [4.78, 5) is 11.4. The van der Waals surface area contributed by atoms with Crippen molar-refractivity contribution in [1.82, 2.24) is 14.9 Å². The summed E-state index contributed by atoms with van der Waals surface area (Å²) in [6.45, 7) is 14.9. The van der Waals surface area contributed by atoms with Gasteiger partial charge in [0.2, 0.25) is 5.95 Å². The molecule has 3 N–H and O–H groups in total. The third-order valence-corrected chi connectivity index (χ3v) is 16.5. The Morgan fingerprint density at radius 2 is 1.82 bits per heavy atom. The van der Waals surface area contributed by atoms with Gasteiger partial charge in [-0.25, -0.2) is 27.2 Å². The number of aromatic nitrogens is 2. The highest BCUT2D eigenvalue weighted by molar-refractivity contribution is 7.92. The maximum atomic E-state index is 15.9. The van der Waals surface area contributed by atoms with E-state index in [1.807, 2.05) is 0 Å². The zero-order valence-electron chi connectivity index (χ0n) is 29.0. The lowest BCUT2D eigenvalue weighted by atomic mass is 10.0. The summed E-state index contributed by atoms with van der Waals surface area (Å²) in [6.07, 6.45) is 3.34. The molecule has 1 saturated heterocycles. The minimum atomic E-state index is -4.33. The molecule has 1 aliphatic heterocycles. The van der Waals surface area contributed by atoms with Crippen molar-refractivity contribution >= 4 is 52.5 Å². The second-order valence-corrected chi connectivity index (χ2v) is 21.6. The second-order valence-electron chi connectivity index (χ2n) is 14.8. The first-order valence-corrected chi connectivity index (χ1v) is 21.7. The van der Waals surface area contributed by atoms with Crippen LogP contribution < -0.4 is 10.0 Å². The number of rotatable bonds is 10. The van der Waals surface area contributed by atoms with Crippen molar-refractivity contribution in [2.45, 2.75) is 81.6 Å². The van der Waals surface area contributed by atoms with Crippen molar-refractivity contribution in [3.8, 4) is 11.1 Å². The second kappa shape index (κ2) is 14.1. The molecule has 14 heteroatoms. The van der Waals surface area contributed by atoms with Gasteiger partial charge in [-0.05, 0) is 96.9 Å². The number of hydrogen-bond donors (Lipinski definition) is 3. The highest BCUT2D eigenvalue weighted by Crippen LogP contribution is 2.39. The number of aliphatic hydroxyl groups excluding tert-OH is 1. The molecule has 0 saturated carbocycles. The summed E-state index contributed by atoms with van der Waals surface area (Å²) >= 11 is 6.16. The van der Waals surface area contributed by atoms with Crippen LogP contribution in [0.1, 0.15) is 57.3 Å². The molecule has 50 heavy (non-hydrogen) atoms. The predicted molar refractivity (Wildman–Crippen MR) is 197 cm³/mol. The SMILES string of the molecule is CC(C)(C)[Si](C)(C)OCCN1CCC(Nc2ncc3cc(-c4c(F)ccc(NS(=O)(=O)c5cc(Cl)cc6c5CC[C@H]6O)c4F)ccc3n2)CC1. The number of halogens is 3. The normalized spacial score (nSPS) is 17.7. The largest absolute Gasteiger partial charge is 0.416 e. The molecule has 6 rings (SSSR count). The summed E-state index contributed by atoms with van der Waals surface area (Å²) in [6, 6.07) is 9.87. The Hall–Kier alpha value is -3.20. The molecule has 0 spiro atoms. The molecule has 0 amide bonds. The number of sulfonamides is 1. The summed E-state index contributed by atoms with van der Waals surface area (Å²) < 4.78 is 66.6. The van der Waals surface area contributed by atoms with Crippen LogP contribution in [0.15, 0.2) is 53.6 Å². The zero-order valence-corrected chi connectivity index (χ0v) is 31.6. The molecule has 1 fully saturated rings. The molecular weight excluding hydrogens is 700 g/mol. The molecule has 0 unspecified atom stereocenters. The average Bonchev–Trinajstić information content (AvgIpc) is 3.42. The molecule has 0 radical (unpaired) electrons. The van der Waals surface area contributed by atoms with Gasteiger partial charge in [0.25, 0.3) is 10.0 Å². The summed E-state index contributed by atoms with van der Waals surface area (Å²) in [5, 5.41) is 14.6. The molecule has 0 bridgehead atoms. The number of hydrogen-bond acceptors (Lipinski definition) is 8. The lowest BCUT2D eigenvalue weighted by Crippen LogP contribution is -2.45. The number of piperidine rings is 1. The van der Waals surface area contributed by atoms with Gasteiger partial charge in [-0.2, -0.15) is 0 Å². The van der Waals surface area contributed by atoms with Crippen LogP contribution >= 0.6 is 11.6 Å². The molecule has 2 heterocycles. The Labute approximate surface area is 298 Å². The maximum absolute atomic E-state index is 15.9. The third-order valence-electron chi connectivity index (χ3n) is 10.3. The van der Waals surface area contributed by atoms with Crippen LogP contribution in [0.4, 0.5) is 20.4 Å². The van der Waals surface area contributed by atoms with Crippen molar-refractivity contribution < 1.29 is 26.7 Å². The van der Waals surface area contributed by atoms with E-state index in [2.05, 4.69) is 58.8 Å². The smallest absolute Gasteiger partial charge is 0.262 e. The molecule has 1 atom stereocenters. The van der Waals surface area contributed by atoms with Gasteiger partial charge >= 0.3 is 0 Å². The van der Waals surface area contributed by atoms with E-state index in [1.165, 1.54) is 12.1 Å². The van der Waals surface area contributed by atoms with E-state index in [9.17, 15) is 13.5 Å². The third kappa shape index (κ3) is 7.68. The predicted octanol–water partition coefficient (Wildman–Crippen LogP) is 7.91. The van der Waals surface area contributed by atoms with Crippen molar-refractivity contribution in [1.29, 1.82) is 0 Å². The number of anilines is 2. The first-order chi connectivity index (χ1) is 23.5. The van der Waals surface area contributed by atoms with Crippen LogP contribution in [-0.2, 0) is 20.9 Å². The Kier molecular flexibility index (Phi) is 10.3. The highest BCUT2D eigenvalue weighted by atomic mass is 35.5. The Morgan fingerprint density at radius 1 is 1.08 bits per heavy atom. The monoisotopic (exact) mass is 743 g/mol. The lowest BCUT2D eigenvalue weighted by molar-refractivity contribution is 0.170. The van der Waals surface area contributed by atoms with E-state index >= 15 is 8.78 Å². The molecule has 3 aromatic carbocycles. The summed E-state index contributed by atoms with van der Waals surface area (Å²) in [7, 11) is -6.09. The highest BCUT2D eigenvalue weighted by Gasteiger charge is 2.37. The van der Waals surface area contributed by atoms with E-state index in [0.29, 0.717) is 40.8 Å². The van der Waals surface area contributed by atoms with E-state index in [4.69, 9.17) is 16.0 Å². The van der Waals surface area contributed by atoms with Gasteiger partial charge in [0.15, 0.2) is 14.1 Å². The van der Waals surface area contributed by atoms with E-state index in [1.54, 1.807) is 24.4 Å². The first-order valence-electron chi connectivity index (χ1n) is 16.9. The number of nitrogens with zero attached hydrogens (tertiary/aromatic N) is 3. The molecule has 1 aliphatic carbocycles. The number of fused-ring (bicyclic) bond motifs is 2. The van der Waals surface area contributed by atoms with E-state index < -0.39 is 41.8 Å². The van der Waals surface area contributed by atoms with Gasteiger partial charge in [-0.15, -0.1) is 0 Å². The minimum absolute atomic E-state index is 0.130. The van der Waals surface area contributed by atoms with Crippen molar-refractivity contribution in [3.63, 3.8) is 0 Å². The van der Waals surface area contributed by atoms with Gasteiger partial charge < -0.3 is 19.7 Å². The minimum Gasteiger partial charge on any atom is -0.416 e. The van der Waals surface area contributed by atoms with Crippen LogP contribution in [0.2, 0.25) is 23.2 Å². The number of nitrogens with one attached hydrogen (secondary N) is 2. The van der Waals surface area contributed by atoms with Crippen molar-refractivity contribution in [2.75, 3.05) is 36.3 Å². The summed E-state index contributed by atoms with van der Waals surface area (Å²) in [5.41, 5.74) is 0.851. The number of benzene rings is 3. The van der Waals surface area contributed by atoms with Crippen molar-refractivity contribution in [2.24, 2.45) is 0 Å². The maximum Gasteiger partial charge on any atom is 0.262 e. The molecular formula is C36H44ClF2N5O4SSi. The van der Waals surface area contributed by atoms with Crippen LogP contribution in [0.25, 0.3) is 22.0 Å². The van der Waals surface area contributed by atoms with Gasteiger partial charge in [-0.3, -0.25) is 4.72 Å². The fourth-order valence-electron chi connectivity index (χ4n) is 6.36. The molecule has 1 aromatic heterocycles. The van der Waals surface area contributed by atoms with Gasteiger partial charge in [0, 0.05) is 48.9 Å². The van der Waals surface area contributed by atoms with E-state index in [0.717, 1.165) is 51.2 Å². The first kappa shape index (κ1) is 36.6. The lowest BCUT2D eigenvalue weighted by Gasteiger charge is -2.37. The average molecular weight is 744 g/mol. The number of likely N-dealkylation sites (tertiary alicyclic amines) is 1. The van der Waals surface area contributed by atoms with Crippen LogP contribution in [-0.4, -0.2) is 69.0 Å². The Balaban J connectivity index is 1.13. The van der Waals surface area contributed by atoms with E-state index in [-0.39, 0.29) is 32.1 Å². The van der Waals surface area contributed by atoms with Crippen LogP contribution in [0.5, 0.6) is 0 Å². The Morgan fingerprint density at radius 3 is 2.54 bits per heavy atom. The number of aliphatic hydroxyl groups is 1. The van der Waals surface area contributed by atoms with Gasteiger partial charge in [0.1, 0.15) is 5.82 Å². The fraction of sp³-hybridized carbons (Fsp3) is 0.444. The molecule has 9 nitrogen and oxygen atoms in total.